The standard InChI is InChI=1S/C23H37N7O2/c1-4-20-17(2)26-21-13-19-15-29(25)14-18(24)16-31-11-5-6-12-32-23(3)7-9-28(10-8-23)22(20)30(21)27-19/h13-14H,4-12,15-16,24-25H2,1-3H3/b18-14-. The van der Waals surface area contributed by atoms with Crippen LogP contribution in [0.4, 0.5) is 5.82 Å². The normalized spacial score (nSPS) is 22.4. The molecule has 0 aromatic carbocycles. The summed E-state index contributed by atoms with van der Waals surface area (Å²) in [5, 5.41) is 6.45. The molecule has 1 fully saturated rings. The number of hydrogen-bond donors (Lipinski definition) is 2. The lowest BCUT2D eigenvalue weighted by Gasteiger charge is -2.41. The average molecular weight is 444 g/mol. The van der Waals surface area contributed by atoms with E-state index in [1.807, 2.05) is 10.6 Å². The molecule has 0 unspecified atom stereocenters. The van der Waals surface area contributed by atoms with Gasteiger partial charge in [-0.3, -0.25) is 0 Å². The SMILES string of the molecule is CCc1c(C)nc2cc3nn2c1N1CCC(C)(CC1)OCCCCOC/C(N)=C/N(N)C3. The Bertz CT molecular complexity index is 963. The Morgan fingerprint density at radius 3 is 2.69 bits per heavy atom. The van der Waals surface area contributed by atoms with Gasteiger partial charge in [0.25, 0.3) is 0 Å². The third kappa shape index (κ3) is 5.00. The summed E-state index contributed by atoms with van der Waals surface area (Å²) in [5.41, 5.74) is 10.6. The lowest BCUT2D eigenvalue weighted by atomic mass is 9.93. The van der Waals surface area contributed by atoms with Crippen LogP contribution in [0.1, 0.15) is 56.5 Å². The van der Waals surface area contributed by atoms with Gasteiger partial charge < -0.3 is 25.1 Å². The number of nitrogens with zero attached hydrogens (tertiary/aromatic N) is 5. The minimum Gasteiger partial charge on any atom is -0.399 e. The largest absolute Gasteiger partial charge is 0.399 e. The molecule has 0 amide bonds. The highest BCUT2D eigenvalue weighted by molar-refractivity contribution is 5.58. The van der Waals surface area contributed by atoms with E-state index in [4.69, 9.17) is 31.1 Å². The quantitative estimate of drug-likeness (QED) is 0.647. The molecule has 2 aromatic heterocycles. The summed E-state index contributed by atoms with van der Waals surface area (Å²) in [6, 6.07) is 2.01. The summed E-state index contributed by atoms with van der Waals surface area (Å²) in [7, 11) is 0. The van der Waals surface area contributed by atoms with E-state index in [0.717, 1.165) is 74.7 Å². The summed E-state index contributed by atoms with van der Waals surface area (Å²) in [4.78, 5) is 7.27. The molecule has 4 N–H and O–H groups in total. The summed E-state index contributed by atoms with van der Waals surface area (Å²) >= 11 is 0. The molecule has 9 nitrogen and oxygen atoms in total. The van der Waals surface area contributed by atoms with Crippen LogP contribution in [0.15, 0.2) is 18.0 Å². The monoisotopic (exact) mass is 443 g/mol. The number of hydrazine groups is 1. The van der Waals surface area contributed by atoms with Crippen molar-refractivity contribution < 1.29 is 9.47 Å². The number of rotatable bonds is 1. The van der Waals surface area contributed by atoms with Gasteiger partial charge in [0.15, 0.2) is 5.65 Å². The van der Waals surface area contributed by atoms with Crippen molar-refractivity contribution in [3.05, 3.63) is 34.9 Å². The molecular weight excluding hydrogens is 406 g/mol. The van der Waals surface area contributed by atoms with E-state index >= 15 is 0 Å². The molecular formula is C23H37N7O2. The Balaban J connectivity index is 1.70. The van der Waals surface area contributed by atoms with E-state index in [9.17, 15) is 0 Å². The molecule has 4 bridgehead atoms. The molecule has 32 heavy (non-hydrogen) atoms. The van der Waals surface area contributed by atoms with Crippen molar-refractivity contribution >= 4 is 11.5 Å². The van der Waals surface area contributed by atoms with E-state index in [2.05, 4.69) is 25.7 Å². The van der Waals surface area contributed by atoms with E-state index in [0.29, 0.717) is 25.5 Å². The van der Waals surface area contributed by atoms with Gasteiger partial charge in [-0.05, 0) is 46.0 Å². The fourth-order valence-electron chi connectivity index (χ4n) is 4.63. The smallest absolute Gasteiger partial charge is 0.157 e. The topological polar surface area (TPSA) is 107 Å². The van der Waals surface area contributed by atoms with Crippen LogP contribution in [0.5, 0.6) is 0 Å². The van der Waals surface area contributed by atoms with Crippen molar-refractivity contribution in [2.45, 2.75) is 65.0 Å². The van der Waals surface area contributed by atoms with Crippen LogP contribution in [-0.2, 0) is 22.4 Å². The van der Waals surface area contributed by atoms with Crippen LogP contribution in [0.3, 0.4) is 0 Å². The van der Waals surface area contributed by atoms with Crippen molar-refractivity contribution in [2.24, 2.45) is 11.6 Å². The number of fused-ring (bicyclic) bond motifs is 11. The summed E-state index contributed by atoms with van der Waals surface area (Å²) < 4.78 is 14.0. The second-order valence-corrected chi connectivity index (χ2v) is 9.18. The first-order chi connectivity index (χ1) is 15.4. The molecule has 3 aliphatic rings. The molecule has 0 saturated carbocycles. The van der Waals surface area contributed by atoms with Crippen molar-refractivity contribution in [3.8, 4) is 0 Å². The van der Waals surface area contributed by atoms with Gasteiger partial charge in [-0.15, -0.1) is 0 Å². The third-order valence-corrected chi connectivity index (χ3v) is 6.48. The molecule has 2 aromatic rings. The number of piperidine rings is 1. The summed E-state index contributed by atoms with van der Waals surface area (Å²) in [6.45, 7) is 10.6. The molecule has 9 heteroatoms. The van der Waals surface area contributed by atoms with Crippen molar-refractivity contribution in [1.82, 2.24) is 19.6 Å². The van der Waals surface area contributed by atoms with Crippen LogP contribution < -0.4 is 16.5 Å². The zero-order valence-electron chi connectivity index (χ0n) is 19.6. The molecule has 1 saturated heterocycles. The second kappa shape index (κ2) is 9.64. The van der Waals surface area contributed by atoms with E-state index in [1.165, 1.54) is 5.56 Å². The molecule has 176 valence electrons. The van der Waals surface area contributed by atoms with Gasteiger partial charge >= 0.3 is 0 Å². The minimum atomic E-state index is -0.0870. The molecule has 0 spiro atoms. The van der Waals surface area contributed by atoms with Gasteiger partial charge in [0.2, 0.25) is 0 Å². The van der Waals surface area contributed by atoms with Crippen LogP contribution >= 0.6 is 0 Å². The zero-order valence-corrected chi connectivity index (χ0v) is 19.6. The van der Waals surface area contributed by atoms with Crippen molar-refractivity contribution in [3.63, 3.8) is 0 Å². The lowest BCUT2D eigenvalue weighted by molar-refractivity contribution is -0.0505. The highest BCUT2D eigenvalue weighted by Crippen LogP contribution is 2.32. The van der Waals surface area contributed by atoms with Crippen LogP contribution in [0.2, 0.25) is 0 Å². The highest BCUT2D eigenvalue weighted by Gasteiger charge is 2.33. The van der Waals surface area contributed by atoms with E-state index in [1.54, 1.807) is 11.2 Å². The fraction of sp³-hybridized carbons (Fsp3) is 0.652. The summed E-state index contributed by atoms with van der Waals surface area (Å²) in [5.74, 6) is 7.34. The van der Waals surface area contributed by atoms with Crippen LogP contribution in [0.25, 0.3) is 5.65 Å². The minimum absolute atomic E-state index is 0.0870. The lowest BCUT2D eigenvalue weighted by Crippen LogP contribution is -2.45. The number of ether oxygens (including phenoxy) is 2. The van der Waals surface area contributed by atoms with Crippen molar-refractivity contribution in [2.75, 3.05) is 37.8 Å². The fourth-order valence-corrected chi connectivity index (χ4v) is 4.63. The number of nitrogens with two attached hydrogens (primary N) is 2. The number of aromatic nitrogens is 3. The average Bonchev–Trinajstić information content (AvgIpc) is 3.13. The maximum Gasteiger partial charge on any atom is 0.157 e. The molecule has 0 aliphatic carbocycles. The molecule has 3 aliphatic heterocycles. The third-order valence-electron chi connectivity index (χ3n) is 6.48. The first-order valence-electron chi connectivity index (χ1n) is 11.7. The number of hydrogen-bond acceptors (Lipinski definition) is 8. The Labute approximate surface area is 190 Å². The first kappa shape index (κ1) is 22.8. The highest BCUT2D eigenvalue weighted by atomic mass is 16.5. The van der Waals surface area contributed by atoms with Crippen LogP contribution in [0, 0.1) is 6.92 Å². The van der Waals surface area contributed by atoms with Gasteiger partial charge in [0, 0.05) is 49.8 Å². The Morgan fingerprint density at radius 1 is 1.19 bits per heavy atom. The van der Waals surface area contributed by atoms with Gasteiger partial charge in [-0.2, -0.15) is 9.61 Å². The maximum atomic E-state index is 6.32. The maximum absolute atomic E-state index is 6.32. The van der Waals surface area contributed by atoms with E-state index in [-0.39, 0.29) is 5.60 Å². The predicted molar refractivity (Wildman–Crippen MR) is 125 cm³/mol. The van der Waals surface area contributed by atoms with E-state index < -0.39 is 0 Å². The van der Waals surface area contributed by atoms with Gasteiger partial charge in [0.1, 0.15) is 5.82 Å². The zero-order chi connectivity index (χ0) is 22.7. The Morgan fingerprint density at radius 2 is 1.94 bits per heavy atom. The first-order valence-corrected chi connectivity index (χ1v) is 11.7. The molecule has 0 radical (unpaired) electrons. The predicted octanol–water partition coefficient (Wildman–Crippen LogP) is 2.26. The molecule has 5 heterocycles. The second-order valence-electron chi connectivity index (χ2n) is 9.18. The molecule has 5 rings (SSSR count). The number of anilines is 1. The number of aryl methyl sites for hydroxylation is 1. The van der Waals surface area contributed by atoms with Crippen molar-refractivity contribution in [1.29, 1.82) is 0 Å². The van der Waals surface area contributed by atoms with Gasteiger partial charge in [-0.1, -0.05) is 6.92 Å². The van der Waals surface area contributed by atoms with Crippen LogP contribution in [-0.4, -0.2) is 58.1 Å². The summed E-state index contributed by atoms with van der Waals surface area (Å²) in [6.07, 6.45) is 6.52. The van der Waals surface area contributed by atoms with Gasteiger partial charge in [-0.25, -0.2) is 10.8 Å². The Kier molecular flexibility index (Phi) is 6.88. The van der Waals surface area contributed by atoms with Gasteiger partial charge in [0.05, 0.1) is 30.1 Å². The Hall–Kier alpha value is -2.36. The molecule has 0 atom stereocenters.